The van der Waals surface area contributed by atoms with Crippen LogP contribution in [-0.4, -0.2) is 12.6 Å². The minimum absolute atomic E-state index is 0.0400. The Balaban J connectivity index is 3.61. The highest BCUT2D eigenvalue weighted by Gasteiger charge is 2.07. The molecule has 0 aromatic heterocycles. The maximum absolute atomic E-state index is 12.0. The van der Waals surface area contributed by atoms with Crippen molar-refractivity contribution in [3.63, 3.8) is 0 Å². The van der Waals surface area contributed by atoms with Gasteiger partial charge in [-0.15, -0.1) is 0 Å². The number of rotatable bonds is 28. The van der Waals surface area contributed by atoms with Gasteiger partial charge in [0.05, 0.1) is 0 Å². The molecule has 2 atom stereocenters. The van der Waals surface area contributed by atoms with Gasteiger partial charge in [-0.05, 0) is 82.1 Å². The van der Waals surface area contributed by atoms with Crippen LogP contribution >= 0.6 is 0 Å². The lowest BCUT2D eigenvalue weighted by atomic mass is 9.91. The van der Waals surface area contributed by atoms with Crippen molar-refractivity contribution in [1.29, 1.82) is 0 Å². The molecule has 0 aliphatic rings. The van der Waals surface area contributed by atoms with Gasteiger partial charge in [0.15, 0.2) is 0 Å². The predicted octanol–water partition coefficient (Wildman–Crippen LogP) is 12.7. The van der Waals surface area contributed by atoms with Gasteiger partial charge in [-0.1, -0.05) is 142 Å². The third kappa shape index (κ3) is 29.7. The van der Waals surface area contributed by atoms with Crippen LogP contribution in [0.5, 0.6) is 0 Å². The largest absolute Gasteiger partial charge is 0.461 e. The Morgan fingerprint density at radius 3 is 1.80 bits per heavy atom. The maximum atomic E-state index is 12.0. The van der Waals surface area contributed by atoms with Crippen molar-refractivity contribution in [3.05, 3.63) is 36.0 Å². The van der Waals surface area contributed by atoms with Crippen molar-refractivity contribution >= 4 is 5.97 Å². The lowest BCUT2D eigenvalue weighted by molar-refractivity contribution is -0.142. The van der Waals surface area contributed by atoms with Crippen LogP contribution in [0.2, 0.25) is 0 Å². The van der Waals surface area contributed by atoms with E-state index in [4.69, 9.17) is 4.74 Å². The number of esters is 1. The topological polar surface area (TPSA) is 26.3 Å². The van der Waals surface area contributed by atoms with Gasteiger partial charge in [-0.25, -0.2) is 0 Å². The molecule has 0 unspecified atom stereocenters. The summed E-state index contributed by atoms with van der Waals surface area (Å²) >= 11 is 0. The van der Waals surface area contributed by atoms with Crippen molar-refractivity contribution in [2.24, 2.45) is 17.8 Å². The van der Waals surface area contributed by atoms with E-state index in [1.54, 1.807) is 0 Å². The zero-order valence-corrected chi connectivity index (χ0v) is 28.0. The summed E-state index contributed by atoms with van der Waals surface area (Å²) in [5.74, 6) is 2.51. The molecule has 0 aromatic carbocycles. The number of carbonyl (C=O) groups excluding carboxylic acids is 1. The van der Waals surface area contributed by atoms with Crippen LogP contribution in [0.25, 0.3) is 0 Å². The van der Waals surface area contributed by atoms with Gasteiger partial charge < -0.3 is 4.74 Å². The fourth-order valence-electron chi connectivity index (χ4n) is 5.24. The Kier molecular flexibility index (Phi) is 28.2. The third-order valence-electron chi connectivity index (χ3n) is 8.15. The molecular formula is C38H70O2. The Labute approximate surface area is 251 Å². The number of unbranched alkanes of at least 4 members (excludes halogenated alkanes) is 8. The minimum Gasteiger partial charge on any atom is -0.461 e. The average Bonchev–Trinajstić information content (AvgIpc) is 2.90. The lowest BCUT2D eigenvalue weighted by Crippen LogP contribution is -2.04. The van der Waals surface area contributed by atoms with E-state index in [1.807, 2.05) is 0 Å². The SMILES string of the molecule is CCCCC/C=C\C/C=C\CCCCCCCC(=O)OC/C=C(\C)CCC[C@@H](C)CCC[C@@H](C)CCCC(C)C. The van der Waals surface area contributed by atoms with Crippen molar-refractivity contribution < 1.29 is 9.53 Å². The highest BCUT2D eigenvalue weighted by atomic mass is 16.5. The van der Waals surface area contributed by atoms with Gasteiger partial charge in [0, 0.05) is 6.42 Å². The van der Waals surface area contributed by atoms with E-state index in [9.17, 15) is 4.79 Å². The molecule has 0 saturated carbocycles. The molecular weight excluding hydrogens is 488 g/mol. The van der Waals surface area contributed by atoms with Gasteiger partial charge in [0.2, 0.25) is 0 Å². The van der Waals surface area contributed by atoms with Crippen LogP contribution in [0.3, 0.4) is 0 Å². The van der Waals surface area contributed by atoms with Gasteiger partial charge in [-0.3, -0.25) is 4.79 Å². The van der Waals surface area contributed by atoms with Crippen LogP contribution < -0.4 is 0 Å². The summed E-state index contributed by atoms with van der Waals surface area (Å²) in [5.41, 5.74) is 1.36. The van der Waals surface area contributed by atoms with E-state index in [0.717, 1.165) is 43.4 Å². The molecule has 0 aliphatic heterocycles. The first-order valence-electron chi connectivity index (χ1n) is 17.5. The van der Waals surface area contributed by atoms with Gasteiger partial charge >= 0.3 is 5.97 Å². The lowest BCUT2D eigenvalue weighted by Gasteiger charge is -2.15. The molecule has 0 fully saturated rings. The van der Waals surface area contributed by atoms with Crippen molar-refractivity contribution in [1.82, 2.24) is 0 Å². The molecule has 0 heterocycles. The van der Waals surface area contributed by atoms with Crippen molar-refractivity contribution in [2.75, 3.05) is 6.61 Å². The van der Waals surface area contributed by atoms with Crippen molar-refractivity contribution in [2.45, 2.75) is 176 Å². The highest BCUT2D eigenvalue weighted by molar-refractivity contribution is 5.69. The fraction of sp³-hybridized carbons (Fsp3) is 0.816. The first-order chi connectivity index (χ1) is 19.3. The number of ether oxygens (including phenoxy) is 1. The van der Waals surface area contributed by atoms with Crippen LogP contribution in [-0.2, 0) is 9.53 Å². The monoisotopic (exact) mass is 559 g/mol. The molecule has 40 heavy (non-hydrogen) atoms. The number of hydrogen-bond acceptors (Lipinski definition) is 2. The molecule has 0 aromatic rings. The Bertz CT molecular complexity index is 642. The molecule has 0 radical (unpaired) electrons. The van der Waals surface area contributed by atoms with E-state index in [1.165, 1.54) is 108 Å². The predicted molar refractivity (Wildman–Crippen MR) is 179 cm³/mol. The standard InChI is InChI=1S/C38H70O2/c1-7-8-9-10-11-12-13-14-15-16-17-18-19-20-21-31-38(39)40-33-32-37(6)30-24-29-36(5)28-23-27-35(4)26-22-25-34(2)3/h11-12,14-15,32,34-36H,7-10,13,16-31,33H2,1-6H3/b12-11-,15-14-,37-32+/t35-,36-/m0/s1. The van der Waals surface area contributed by atoms with Gasteiger partial charge in [-0.2, -0.15) is 0 Å². The summed E-state index contributed by atoms with van der Waals surface area (Å²) in [6.07, 6.45) is 37.1. The molecule has 0 aliphatic carbocycles. The molecule has 234 valence electrons. The maximum Gasteiger partial charge on any atom is 0.306 e. The smallest absolute Gasteiger partial charge is 0.306 e. The van der Waals surface area contributed by atoms with Gasteiger partial charge in [0.25, 0.3) is 0 Å². The van der Waals surface area contributed by atoms with Crippen LogP contribution in [0.1, 0.15) is 176 Å². The van der Waals surface area contributed by atoms with Gasteiger partial charge in [0.1, 0.15) is 6.61 Å². The Hall–Kier alpha value is -1.31. The molecule has 0 saturated heterocycles. The minimum atomic E-state index is -0.0400. The van der Waals surface area contributed by atoms with Crippen LogP contribution in [0, 0.1) is 17.8 Å². The van der Waals surface area contributed by atoms with E-state index in [0.29, 0.717) is 13.0 Å². The second-order valence-electron chi connectivity index (χ2n) is 13.1. The summed E-state index contributed by atoms with van der Waals surface area (Å²) in [4.78, 5) is 12.0. The number of allylic oxidation sites excluding steroid dienone is 5. The van der Waals surface area contributed by atoms with E-state index in [-0.39, 0.29) is 5.97 Å². The Morgan fingerprint density at radius 1 is 0.625 bits per heavy atom. The average molecular weight is 559 g/mol. The summed E-state index contributed by atoms with van der Waals surface area (Å²) in [7, 11) is 0. The van der Waals surface area contributed by atoms with Crippen LogP contribution in [0.4, 0.5) is 0 Å². The third-order valence-corrected chi connectivity index (χ3v) is 8.15. The second kappa shape index (κ2) is 29.2. The number of carbonyl (C=O) groups is 1. The first-order valence-corrected chi connectivity index (χ1v) is 17.5. The first kappa shape index (κ1) is 38.7. The van der Waals surface area contributed by atoms with Crippen molar-refractivity contribution in [3.8, 4) is 0 Å². The van der Waals surface area contributed by atoms with E-state index >= 15 is 0 Å². The fourth-order valence-corrected chi connectivity index (χ4v) is 5.24. The molecule has 2 nitrogen and oxygen atoms in total. The summed E-state index contributed by atoms with van der Waals surface area (Å²) in [6, 6.07) is 0. The zero-order valence-electron chi connectivity index (χ0n) is 28.0. The molecule has 0 amide bonds. The Morgan fingerprint density at radius 2 is 1.18 bits per heavy atom. The van der Waals surface area contributed by atoms with E-state index < -0.39 is 0 Å². The summed E-state index contributed by atoms with van der Waals surface area (Å²) < 4.78 is 5.45. The highest BCUT2D eigenvalue weighted by Crippen LogP contribution is 2.22. The number of hydrogen-bond donors (Lipinski definition) is 0. The summed E-state index contributed by atoms with van der Waals surface area (Å²) in [6.45, 7) is 14.4. The van der Waals surface area contributed by atoms with E-state index in [2.05, 4.69) is 71.9 Å². The second-order valence-corrected chi connectivity index (χ2v) is 13.1. The molecule has 0 bridgehead atoms. The molecule has 0 N–H and O–H groups in total. The normalized spacial score (nSPS) is 14.0. The quantitative estimate of drug-likeness (QED) is 0.0542. The summed E-state index contributed by atoms with van der Waals surface area (Å²) in [5, 5.41) is 0. The van der Waals surface area contributed by atoms with Crippen LogP contribution in [0.15, 0.2) is 36.0 Å². The molecule has 0 rings (SSSR count). The molecule has 2 heteroatoms. The zero-order chi connectivity index (χ0) is 29.7. The molecule has 0 spiro atoms.